The summed E-state index contributed by atoms with van der Waals surface area (Å²) in [4.78, 5) is 41.0. The standard InChI is InChI=1S/C18H29N5O3/c1-17(2,3)14(24)19-18(4,5)15(25)21-9-11-22(12-10-21)16(26)23-8-7-20(6)13-23/h7-8,13H,9-12H2,1-6H3/p+1. The van der Waals surface area contributed by atoms with Crippen LogP contribution in [0.3, 0.4) is 0 Å². The third kappa shape index (κ3) is 4.42. The van der Waals surface area contributed by atoms with Gasteiger partial charge in [-0.2, -0.15) is 4.57 Å². The predicted molar refractivity (Wildman–Crippen MR) is 96.2 cm³/mol. The van der Waals surface area contributed by atoms with Gasteiger partial charge in [0.2, 0.25) is 11.8 Å². The van der Waals surface area contributed by atoms with Crippen LogP contribution in [0.2, 0.25) is 0 Å². The fourth-order valence-corrected chi connectivity index (χ4v) is 2.75. The zero-order valence-electron chi connectivity index (χ0n) is 16.6. The van der Waals surface area contributed by atoms with E-state index in [4.69, 9.17) is 0 Å². The van der Waals surface area contributed by atoms with Gasteiger partial charge in [0.1, 0.15) is 17.9 Å². The quantitative estimate of drug-likeness (QED) is 0.770. The highest BCUT2D eigenvalue weighted by molar-refractivity contribution is 5.92. The molecule has 0 radical (unpaired) electrons. The first-order valence-electron chi connectivity index (χ1n) is 8.86. The van der Waals surface area contributed by atoms with Crippen molar-refractivity contribution in [1.82, 2.24) is 19.7 Å². The van der Waals surface area contributed by atoms with Gasteiger partial charge in [-0.25, -0.2) is 9.36 Å². The molecule has 1 fully saturated rings. The molecule has 0 saturated carbocycles. The number of hydrogen-bond acceptors (Lipinski definition) is 3. The van der Waals surface area contributed by atoms with E-state index >= 15 is 0 Å². The smallest absolute Gasteiger partial charge is 0.342 e. The van der Waals surface area contributed by atoms with Gasteiger partial charge in [0.25, 0.3) is 6.33 Å². The fraction of sp³-hybridized carbons (Fsp3) is 0.667. The molecule has 0 aromatic carbocycles. The van der Waals surface area contributed by atoms with Gasteiger partial charge in [-0.1, -0.05) is 20.8 Å². The van der Waals surface area contributed by atoms with Crippen LogP contribution in [0.5, 0.6) is 0 Å². The van der Waals surface area contributed by atoms with E-state index in [1.54, 1.807) is 46.9 Å². The second kappa shape index (κ2) is 7.09. The van der Waals surface area contributed by atoms with Crippen LogP contribution in [0.15, 0.2) is 18.7 Å². The monoisotopic (exact) mass is 364 g/mol. The Morgan fingerprint density at radius 1 is 0.962 bits per heavy atom. The van der Waals surface area contributed by atoms with Crippen LogP contribution in [0.4, 0.5) is 4.79 Å². The van der Waals surface area contributed by atoms with Crippen molar-refractivity contribution in [3.05, 3.63) is 18.7 Å². The second-order valence-corrected chi connectivity index (χ2v) is 8.38. The van der Waals surface area contributed by atoms with Gasteiger partial charge in [-0.3, -0.25) is 9.59 Å². The van der Waals surface area contributed by atoms with Crippen molar-refractivity contribution in [3.8, 4) is 0 Å². The first-order valence-corrected chi connectivity index (χ1v) is 8.86. The molecule has 1 aliphatic heterocycles. The molecule has 8 nitrogen and oxygen atoms in total. The number of piperazine rings is 1. The predicted octanol–water partition coefficient (Wildman–Crippen LogP) is 0.366. The number of aryl methyl sites for hydroxylation is 1. The highest BCUT2D eigenvalue weighted by Gasteiger charge is 2.38. The van der Waals surface area contributed by atoms with Crippen molar-refractivity contribution in [1.29, 1.82) is 0 Å². The highest BCUT2D eigenvalue weighted by atomic mass is 16.2. The first kappa shape index (κ1) is 19.9. The SMILES string of the molecule is C[n+]1ccn(C(=O)N2CCN(C(=O)C(C)(C)NC(=O)C(C)(C)C)CC2)c1. The molecule has 26 heavy (non-hydrogen) atoms. The molecule has 3 amide bonds. The van der Waals surface area contributed by atoms with Crippen molar-refractivity contribution in [2.75, 3.05) is 26.2 Å². The van der Waals surface area contributed by atoms with E-state index in [1.807, 2.05) is 27.8 Å². The van der Waals surface area contributed by atoms with Crippen molar-refractivity contribution < 1.29 is 19.0 Å². The lowest BCUT2D eigenvalue weighted by molar-refractivity contribution is -0.670. The summed E-state index contributed by atoms with van der Waals surface area (Å²) < 4.78 is 3.34. The zero-order chi connectivity index (χ0) is 19.7. The van der Waals surface area contributed by atoms with Gasteiger partial charge < -0.3 is 15.1 Å². The third-order valence-corrected chi connectivity index (χ3v) is 4.47. The van der Waals surface area contributed by atoms with Gasteiger partial charge in [-0.05, 0) is 13.8 Å². The van der Waals surface area contributed by atoms with Crippen LogP contribution < -0.4 is 9.88 Å². The first-order chi connectivity index (χ1) is 11.9. The van der Waals surface area contributed by atoms with Crippen molar-refractivity contribution >= 4 is 17.8 Å². The minimum Gasteiger partial charge on any atom is -0.342 e. The second-order valence-electron chi connectivity index (χ2n) is 8.38. The minimum absolute atomic E-state index is 0.0991. The van der Waals surface area contributed by atoms with Crippen LogP contribution in [-0.2, 0) is 16.6 Å². The van der Waals surface area contributed by atoms with Crippen molar-refractivity contribution in [2.24, 2.45) is 12.5 Å². The molecule has 0 unspecified atom stereocenters. The maximum Gasteiger partial charge on any atom is 0.415 e. The molecular formula is C18H30N5O3+. The Morgan fingerprint density at radius 3 is 1.96 bits per heavy atom. The number of nitrogens with zero attached hydrogens (tertiary/aromatic N) is 4. The summed E-state index contributed by atoms with van der Waals surface area (Å²) in [5.41, 5.74) is -1.54. The van der Waals surface area contributed by atoms with Crippen molar-refractivity contribution in [2.45, 2.75) is 40.2 Å². The number of carbonyl (C=O) groups is 3. The molecule has 1 aromatic heterocycles. The van der Waals surface area contributed by atoms with Crippen LogP contribution in [0.25, 0.3) is 0 Å². The van der Waals surface area contributed by atoms with Crippen LogP contribution in [0, 0.1) is 5.41 Å². The Hall–Kier alpha value is -2.38. The lowest BCUT2D eigenvalue weighted by Gasteiger charge is -2.38. The van der Waals surface area contributed by atoms with Gasteiger partial charge in [0.05, 0.1) is 7.05 Å². The summed E-state index contributed by atoms with van der Waals surface area (Å²) in [6.45, 7) is 10.7. The number of imidazole rings is 1. The van der Waals surface area contributed by atoms with Crippen molar-refractivity contribution in [3.63, 3.8) is 0 Å². The third-order valence-electron chi connectivity index (χ3n) is 4.47. The molecule has 2 heterocycles. The number of nitrogens with one attached hydrogen (secondary N) is 1. The number of aromatic nitrogens is 2. The van der Waals surface area contributed by atoms with Crippen LogP contribution in [-0.4, -0.2) is 63.9 Å². The highest BCUT2D eigenvalue weighted by Crippen LogP contribution is 2.17. The lowest BCUT2D eigenvalue weighted by atomic mass is 9.93. The molecule has 0 bridgehead atoms. The molecule has 8 heteroatoms. The topological polar surface area (TPSA) is 78.5 Å². The Bertz CT molecular complexity index is 694. The molecule has 1 aromatic rings. The van der Waals surface area contributed by atoms with Crippen LogP contribution >= 0.6 is 0 Å². The minimum atomic E-state index is -0.981. The molecule has 144 valence electrons. The van der Waals surface area contributed by atoms with E-state index in [9.17, 15) is 14.4 Å². The van der Waals surface area contributed by atoms with Crippen LogP contribution in [0.1, 0.15) is 34.6 Å². The Kier molecular flexibility index (Phi) is 5.44. The van der Waals surface area contributed by atoms with E-state index in [0.717, 1.165) is 0 Å². The number of carbonyl (C=O) groups excluding carboxylic acids is 3. The van der Waals surface area contributed by atoms with E-state index in [2.05, 4.69) is 5.32 Å². The van der Waals surface area contributed by atoms with E-state index in [0.29, 0.717) is 26.2 Å². The molecular weight excluding hydrogens is 334 g/mol. The summed E-state index contributed by atoms with van der Waals surface area (Å²) in [5.74, 6) is -0.292. The summed E-state index contributed by atoms with van der Waals surface area (Å²) in [6.07, 6.45) is 5.23. The Balaban J connectivity index is 1.95. The zero-order valence-corrected chi connectivity index (χ0v) is 16.6. The number of hydrogen-bond donors (Lipinski definition) is 1. The van der Waals surface area contributed by atoms with Gasteiger partial charge >= 0.3 is 6.03 Å². The molecule has 1 N–H and O–H groups in total. The van der Waals surface area contributed by atoms with Gasteiger partial charge in [0.15, 0.2) is 0 Å². The van der Waals surface area contributed by atoms with Gasteiger partial charge in [-0.15, -0.1) is 0 Å². The number of rotatable bonds is 2. The average Bonchev–Trinajstić information content (AvgIpc) is 2.99. The molecule has 1 aliphatic rings. The Morgan fingerprint density at radius 2 is 1.50 bits per heavy atom. The summed E-state index contributed by atoms with van der Waals surface area (Å²) in [7, 11) is 1.86. The average molecular weight is 364 g/mol. The number of amides is 3. The van der Waals surface area contributed by atoms with Gasteiger partial charge in [0, 0.05) is 31.6 Å². The Labute approximate surface area is 154 Å². The fourth-order valence-electron chi connectivity index (χ4n) is 2.75. The summed E-state index contributed by atoms with van der Waals surface area (Å²) in [5, 5.41) is 2.84. The maximum absolute atomic E-state index is 12.8. The van der Waals surface area contributed by atoms with E-state index in [-0.39, 0.29) is 17.8 Å². The molecule has 0 spiro atoms. The normalized spacial score (nSPS) is 15.8. The van der Waals surface area contributed by atoms with E-state index in [1.165, 1.54) is 4.57 Å². The largest absolute Gasteiger partial charge is 0.415 e. The molecule has 2 rings (SSSR count). The van der Waals surface area contributed by atoms with E-state index < -0.39 is 11.0 Å². The molecule has 0 atom stereocenters. The maximum atomic E-state index is 12.8. The summed E-state index contributed by atoms with van der Waals surface area (Å²) in [6, 6.07) is -0.0991. The molecule has 1 saturated heterocycles. The lowest BCUT2D eigenvalue weighted by Crippen LogP contribution is -2.61. The summed E-state index contributed by atoms with van der Waals surface area (Å²) >= 11 is 0. The molecule has 0 aliphatic carbocycles.